The van der Waals surface area contributed by atoms with E-state index in [1.807, 2.05) is 17.2 Å². The maximum atomic E-state index is 12.5. The monoisotopic (exact) mass is 312 g/mol. The van der Waals surface area contributed by atoms with Gasteiger partial charge in [0.2, 0.25) is 5.91 Å². The van der Waals surface area contributed by atoms with Crippen molar-refractivity contribution in [3.05, 3.63) is 29.8 Å². The van der Waals surface area contributed by atoms with Gasteiger partial charge in [-0.3, -0.25) is 4.79 Å². The molecule has 1 saturated carbocycles. The van der Waals surface area contributed by atoms with Gasteiger partial charge in [0.25, 0.3) is 0 Å². The number of hydrogen-bond acceptors (Lipinski definition) is 3. The lowest BCUT2D eigenvalue weighted by Crippen LogP contribution is -2.44. The number of anilines is 1. The topological polar surface area (TPSA) is 46.3 Å². The summed E-state index contributed by atoms with van der Waals surface area (Å²) in [7, 11) is 0. The van der Waals surface area contributed by atoms with E-state index in [-0.39, 0.29) is 29.8 Å². The Morgan fingerprint density at radius 1 is 1.45 bits per heavy atom. The van der Waals surface area contributed by atoms with Crippen LogP contribution >= 0.6 is 24.2 Å². The van der Waals surface area contributed by atoms with Gasteiger partial charge in [-0.2, -0.15) is 11.8 Å². The van der Waals surface area contributed by atoms with Gasteiger partial charge in [0, 0.05) is 17.6 Å². The predicted octanol–water partition coefficient (Wildman–Crippen LogP) is 2.57. The third kappa shape index (κ3) is 2.57. The van der Waals surface area contributed by atoms with Crippen molar-refractivity contribution in [3.8, 4) is 0 Å². The second-order valence-electron chi connectivity index (χ2n) is 5.61. The molecule has 0 radical (unpaired) electrons. The zero-order chi connectivity index (χ0) is 13.5. The molecular formula is C15H21ClN2OS. The Labute approximate surface area is 130 Å². The minimum absolute atomic E-state index is 0. The van der Waals surface area contributed by atoms with Gasteiger partial charge in [0.05, 0.1) is 6.04 Å². The summed E-state index contributed by atoms with van der Waals surface area (Å²) in [6.45, 7) is 0.831. The highest BCUT2D eigenvalue weighted by Gasteiger charge is 2.53. The average Bonchev–Trinajstić information content (AvgIpc) is 3.14. The lowest BCUT2D eigenvalue weighted by Gasteiger charge is -2.21. The number of fused-ring (bicyclic) bond motifs is 2. The van der Waals surface area contributed by atoms with E-state index in [9.17, 15) is 4.79 Å². The molecule has 1 aromatic carbocycles. The summed E-state index contributed by atoms with van der Waals surface area (Å²) in [6, 6.07) is 7.94. The minimum atomic E-state index is -0.366. The molecule has 2 N–H and O–H groups in total. The molecule has 1 fully saturated rings. The molecule has 0 unspecified atom stereocenters. The minimum Gasteiger partial charge on any atom is -0.320 e. The Bertz CT molecular complexity index is 504. The van der Waals surface area contributed by atoms with Gasteiger partial charge in [-0.15, -0.1) is 12.4 Å². The van der Waals surface area contributed by atoms with Gasteiger partial charge in [-0.25, -0.2) is 0 Å². The van der Waals surface area contributed by atoms with Crippen LogP contribution in [0.2, 0.25) is 0 Å². The Morgan fingerprint density at radius 2 is 2.15 bits per heavy atom. The molecule has 1 heterocycles. The Morgan fingerprint density at radius 3 is 2.80 bits per heavy atom. The number of carbonyl (C=O) groups is 1. The number of hydrogen-bond donors (Lipinski definition) is 1. The maximum Gasteiger partial charge on any atom is 0.243 e. The number of nitrogens with zero attached hydrogens (tertiary/aromatic N) is 1. The van der Waals surface area contributed by atoms with Crippen molar-refractivity contribution in [2.45, 2.75) is 30.7 Å². The third-order valence-corrected chi connectivity index (χ3v) is 4.94. The normalized spacial score (nSPS) is 19.4. The number of rotatable bonds is 4. The summed E-state index contributed by atoms with van der Waals surface area (Å²) in [5, 5.41) is 0. The van der Waals surface area contributed by atoms with Crippen molar-refractivity contribution in [1.29, 1.82) is 0 Å². The van der Waals surface area contributed by atoms with E-state index < -0.39 is 0 Å². The predicted molar refractivity (Wildman–Crippen MR) is 87.9 cm³/mol. The van der Waals surface area contributed by atoms with Crippen molar-refractivity contribution in [2.75, 3.05) is 23.5 Å². The number of carbonyl (C=O) groups excluding carboxylic acids is 1. The second-order valence-corrected chi connectivity index (χ2v) is 6.60. The van der Waals surface area contributed by atoms with Crippen LogP contribution in [-0.2, 0) is 10.2 Å². The lowest BCUT2D eigenvalue weighted by atomic mass is 9.99. The molecule has 0 aromatic heterocycles. The van der Waals surface area contributed by atoms with Gasteiger partial charge in [-0.1, -0.05) is 18.2 Å². The quantitative estimate of drug-likeness (QED) is 0.929. The molecule has 1 atom stereocenters. The van der Waals surface area contributed by atoms with Crippen molar-refractivity contribution in [3.63, 3.8) is 0 Å². The van der Waals surface area contributed by atoms with Gasteiger partial charge >= 0.3 is 0 Å². The highest BCUT2D eigenvalue weighted by molar-refractivity contribution is 7.98. The van der Waals surface area contributed by atoms with E-state index in [1.165, 1.54) is 18.4 Å². The fourth-order valence-electron chi connectivity index (χ4n) is 2.97. The highest BCUT2D eigenvalue weighted by atomic mass is 35.5. The number of halogens is 1. The maximum absolute atomic E-state index is 12.5. The van der Waals surface area contributed by atoms with Gasteiger partial charge in [0.1, 0.15) is 0 Å². The van der Waals surface area contributed by atoms with Crippen LogP contribution in [0, 0.1) is 0 Å². The largest absolute Gasteiger partial charge is 0.320 e. The number of benzene rings is 1. The van der Waals surface area contributed by atoms with Crippen LogP contribution in [-0.4, -0.2) is 30.5 Å². The van der Waals surface area contributed by atoms with Gasteiger partial charge < -0.3 is 10.6 Å². The summed E-state index contributed by atoms with van der Waals surface area (Å²) < 4.78 is 0. The average molecular weight is 313 g/mol. The van der Waals surface area contributed by atoms with Crippen LogP contribution in [0.15, 0.2) is 24.3 Å². The van der Waals surface area contributed by atoms with E-state index in [4.69, 9.17) is 5.73 Å². The molecule has 5 heteroatoms. The standard InChI is InChI=1S/C15H20N2OS.ClH/c1-19-9-6-12(16)14(18)17-10-15(7-8-15)11-4-2-3-5-13(11)17;/h2-5,12H,6-10,16H2,1H3;1H/t12-;/m0./s1. The van der Waals surface area contributed by atoms with Crippen LogP contribution in [0.1, 0.15) is 24.8 Å². The smallest absolute Gasteiger partial charge is 0.243 e. The molecule has 2 aliphatic rings. The van der Waals surface area contributed by atoms with Crippen LogP contribution in [0.4, 0.5) is 5.69 Å². The fourth-order valence-corrected chi connectivity index (χ4v) is 3.46. The van der Waals surface area contributed by atoms with Crippen molar-refractivity contribution in [1.82, 2.24) is 0 Å². The first-order valence-electron chi connectivity index (χ1n) is 6.83. The molecule has 1 spiro atoms. The number of thioether (sulfide) groups is 1. The Kier molecular flexibility index (Phi) is 4.67. The summed E-state index contributed by atoms with van der Waals surface area (Å²) >= 11 is 1.74. The Hall–Kier alpha value is -0.710. The summed E-state index contributed by atoms with van der Waals surface area (Å²) in [6.07, 6.45) is 5.20. The van der Waals surface area contributed by atoms with Gasteiger partial charge in [-0.05, 0) is 42.9 Å². The van der Waals surface area contributed by atoms with Gasteiger partial charge in [0.15, 0.2) is 0 Å². The van der Waals surface area contributed by atoms with Crippen LogP contribution in [0.5, 0.6) is 0 Å². The molecule has 0 bridgehead atoms. The first-order chi connectivity index (χ1) is 9.18. The molecule has 3 rings (SSSR count). The third-order valence-electron chi connectivity index (χ3n) is 4.30. The van der Waals surface area contributed by atoms with E-state index in [0.717, 1.165) is 24.4 Å². The molecule has 0 saturated heterocycles. The molecular weight excluding hydrogens is 292 g/mol. The molecule has 110 valence electrons. The molecule has 1 amide bonds. The SMILES string of the molecule is CSCC[C@H](N)C(=O)N1CC2(CC2)c2ccccc21.Cl. The highest BCUT2D eigenvalue weighted by Crippen LogP contribution is 2.56. The second kappa shape index (κ2) is 5.96. The fraction of sp³-hybridized carbons (Fsp3) is 0.533. The molecule has 1 aliphatic carbocycles. The van der Waals surface area contributed by atoms with E-state index >= 15 is 0 Å². The number of nitrogens with two attached hydrogens (primary N) is 1. The summed E-state index contributed by atoms with van der Waals surface area (Å²) in [4.78, 5) is 14.4. The van der Waals surface area contributed by atoms with E-state index in [0.29, 0.717) is 0 Å². The van der Waals surface area contributed by atoms with Crippen molar-refractivity contribution in [2.24, 2.45) is 5.73 Å². The van der Waals surface area contributed by atoms with E-state index in [2.05, 4.69) is 18.2 Å². The zero-order valence-corrected chi connectivity index (χ0v) is 13.3. The van der Waals surface area contributed by atoms with Crippen LogP contribution in [0.25, 0.3) is 0 Å². The molecule has 1 aromatic rings. The van der Waals surface area contributed by atoms with Crippen LogP contribution < -0.4 is 10.6 Å². The number of amides is 1. The van der Waals surface area contributed by atoms with E-state index in [1.54, 1.807) is 11.8 Å². The first-order valence-corrected chi connectivity index (χ1v) is 8.23. The van der Waals surface area contributed by atoms with Crippen LogP contribution in [0.3, 0.4) is 0 Å². The summed E-state index contributed by atoms with van der Waals surface area (Å²) in [5.74, 6) is 1.03. The zero-order valence-electron chi connectivity index (χ0n) is 11.7. The lowest BCUT2D eigenvalue weighted by molar-refractivity contribution is -0.119. The Balaban J connectivity index is 0.00000147. The first kappa shape index (κ1) is 15.7. The molecule has 20 heavy (non-hydrogen) atoms. The van der Waals surface area contributed by atoms with Crippen molar-refractivity contribution >= 4 is 35.8 Å². The summed E-state index contributed by atoms with van der Waals surface area (Å²) in [5.41, 5.74) is 8.74. The molecule has 3 nitrogen and oxygen atoms in total. The number of para-hydroxylation sites is 1. The van der Waals surface area contributed by atoms with Crippen molar-refractivity contribution < 1.29 is 4.79 Å². The molecule has 1 aliphatic heterocycles.